The summed E-state index contributed by atoms with van der Waals surface area (Å²) in [7, 11) is -4.23. The third-order valence-corrected chi connectivity index (χ3v) is 3.19. The van der Waals surface area contributed by atoms with Gasteiger partial charge in [-0.15, -0.1) is 0 Å². The van der Waals surface area contributed by atoms with Crippen LogP contribution in [0.15, 0.2) is 0 Å². The van der Waals surface area contributed by atoms with Crippen LogP contribution in [-0.2, 0) is 14.6 Å². The molecule has 118 valence electrons. The number of hydrogen-bond acceptors (Lipinski definition) is 3. The van der Waals surface area contributed by atoms with Gasteiger partial charge >= 0.3 is 77.7 Å². The Kier molecular flexibility index (Phi) is 31.7. The molecule has 0 aromatic carbocycles. The van der Waals surface area contributed by atoms with E-state index < -0.39 is 10.4 Å². The summed E-state index contributed by atoms with van der Waals surface area (Å²) in [5, 5.41) is 0. The van der Waals surface area contributed by atoms with Crippen molar-refractivity contribution >= 4 is 77.7 Å². The molecule has 0 heterocycles. The fourth-order valence-electron chi connectivity index (χ4n) is 1.75. The first-order chi connectivity index (χ1) is 8.06. The average Bonchev–Trinajstić information content (AvgIpc) is 2.24. The van der Waals surface area contributed by atoms with Crippen LogP contribution in [0.25, 0.3) is 0 Å². The molecule has 0 aliphatic carbocycles. The van der Waals surface area contributed by atoms with Gasteiger partial charge in [0, 0.05) is 0 Å². The predicted molar refractivity (Wildman–Crippen MR) is 88.7 cm³/mol. The summed E-state index contributed by atoms with van der Waals surface area (Å²) in [6.07, 6.45) is 11.9. The molecule has 0 spiro atoms. The first-order valence-corrected chi connectivity index (χ1v) is 8.04. The van der Waals surface area contributed by atoms with Crippen LogP contribution in [0.4, 0.5) is 0 Å². The van der Waals surface area contributed by atoms with E-state index in [2.05, 4.69) is 11.1 Å². The molecule has 0 bridgehead atoms. The molecular formula is C12H31CaNaO5S. The van der Waals surface area contributed by atoms with Gasteiger partial charge in [-0.3, -0.25) is 4.55 Å². The molecule has 0 rings (SSSR count). The van der Waals surface area contributed by atoms with Gasteiger partial charge in [0.2, 0.25) is 0 Å². The third kappa shape index (κ3) is 28.3. The van der Waals surface area contributed by atoms with Crippen LogP contribution in [0.1, 0.15) is 71.1 Å². The predicted octanol–water partition coefficient (Wildman–Crippen LogP) is 1.34. The molecule has 0 aliphatic heterocycles. The zero-order valence-corrected chi connectivity index (χ0v) is 12.2. The Morgan fingerprint density at radius 2 is 1.20 bits per heavy atom. The van der Waals surface area contributed by atoms with Gasteiger partial charge in [-0.2, -0.15) is 8.42 Å². The van der Waals surface area contributed by atoms with Crippen LogP contribution < -0.4 is 0 Å². The number of unbranched alkanes of at least 4 members (excludes halogenated alkanes) is 9. The van der Waals surface area contributed by atoms with Gasteiger partial charge in [0.1, 0.15) is 0 Å². The molecule has 0 aliphatic rings. The Bertz CT molecular complexity index is 263. The Morgan fingerprint density at radius 3 is 1.55 bits per heavy atom. The maximum absolute atomic E-state index is 10.2. The van der Waals surface area contributed by atoms with Gasteiger partial charge in [0.25, 0.3) is 0 Å². The van der Waals surface area contributed by atoms with Crippen molar-refractivity contribution in [2.45, 2.75) is 71.1 Å². The van der Waals surface area contributed by atoms with Crippen LogP contribution in [0.2, 0.25) is 0 Å². The van der Waals surface area contributed by atoms with Gasteiger partial charge in [-0.05, 0) is 6.42 Å². The van der Waals surface area contributed by atoms with Crippen molar-refractivity contribution in [3.05, 3.63) is 0 Å². The van der Waals surface area contributed by atoms with E-state index in [4.69, 9.17) is 4.55 Å². The van der Waals surface area contributed by atoms with E-state index in [0.29, 0.717) is 6.42 Å². The summed E-state index contributed by atoms with van der Waals surface area (Å²) in [6, 6.07) is 0. The Morgan fingerprint density at radius 1 is 0.850 bits per heavy atom. The molecule has 0 fully saturated rings. The zero-order valence-electron chi connectivity index (χ0n) is 11.4. The maximum atomic E-state index is 10.2. The molecule has 5 nitrogen and oxygen atoms in total. The minimum atomic E-state index is -4.23. The van der Waals surface area contributed by atoms with Crippen LogP contribution in [0.3, 0.4) is 0 Å². The summed E-state index contributed by atoms with van der Waals surface area (Å²) in [6.45, 7) is 2.31. The van der Waals surface area contributed by atoms with Crippen LogP contribution in [0, 0.1) is 0 Å². The van der Waals surface area contributed by atoms with E-state index in [9.17, 15) is 8.42 Å². The van der Waals surface area contributed by atoms with Crippen LogP contribution in [0.5, 0.6) is 0 Å². The van der Waals surface area contributed by atoms with E-state index in [1.807, 2.05) is 0 Å². The molecule has 3 N–H and O–H groups in total. The second kappa shape index (κ2) is 21.1. The topological polar surface area (TPSA) is 95.1 Å². The van der Waals surface area contributed by atoms with E-state index >= 15 is 0 Å². The standard InChI is InChI=1S/C12H26O4S.Ca.Na.H2O.3H/c1-2-3-4-5-6-7-8-9-10-11-12-16-17(13,14)15;;;;;;/h2-12H2,1H3,(H,13,14,15);;;1H2;;;. The Hall–Kier alpha value is 2.09. The van der Waals surface area contributed by atoms with Gasteiger partial charge in [-0.25, -0.2) is 4.18 Å². The number of hydrogen-bond donors (Lipinski definition) is 1. The molecule has 0 saturated heterocycles. The Labute approximate surface area is 176 Å². The van der Waals surface area contributed by atoms with Crippen molar-refractivity contribution in [3.8, 4) is 0 Å². The second-order valence-corrected chi connectivity index (χ2v) is 5.52. The van der Waals surface area contributed by atoms with Gasteiger partial charge < -0.3 is 5.48 Å². The zero-order chi connectivity index (χ0) is 13.0. The third-order valence-electron chi connectivity index (χ3n) is 2.73. The normalized spacial score (nSPS) is 10.1. The second-order valence-electron chi connectivity index (χ2n) is 4.43. The van der Waals surface area contributed by atoms with E-state index in [1.54, 1.807) is 0 Å². The molecule has 0 radical (unpaired) electrons. The Balaban J connectivity index is -0.000000427. The quantitative estimate of drug-likeness (QED) is 0.326. The van der Waals surface area contributed by atoms with Crippen LogP contribution in [-0.4, -0.2) is 92.3 Å². The van der Waals surface area contributed by atoms with E-state index in [-0.39, 0.29) is 79.4 Å². The first-order valence-electron chi connectivity index (χ1n) is 6.68. The monoisotopic (exact) mass is 350 g/mol. The molecule has 0 aromatic rings. The van der Waals surface area contributed by atoms with Crippen molar-refractivity contribution in [2.75, 3.05) is 6.61 Å². The van der Waals surface area contributed by atoms with E-state index in [0.717, 1.165) is 12.8 Å². The summed E-state index contributed by atoms with van der Waals surface area (Å²) in [4.78, 5) is 0. The fraction of sp³-hybridized carbons (Fsp3) is 1.00. The summed E-state index contributed by atoms with van der Waals surface area (Å²) < 4.78 is 33.0. The summed E-state index contributed by atoms with van der Waals surface area (Å²) >= 11 is 0. The van der Waals surface area contributed by atoms with Gasteiger partial charge in [0.05, 0.1) is 6.61 Å². The van der Waals surface area contributed by atoms with Crippen molar-refractivity contribution < 1.29 is 22.6 Å². The van der Waals surface area contributed by atoms with Crippen molar-refractivity contribution in [1.82, 2.24) is 0 Å². The van der Waals surface area contributed by atoms with Crippen molar-refractivity contribution in [1.29, 1.82) is 0 Å². The molecule has 8 heteroatoms. The van der Waals surface area contributed by atoms with E-state index in [1.165, 1.54) is 44.9 Å². The molecular weight excluding hydrogens is 319 g/mol. The van der Waals surface area contributed by atoms with Crippen molar-refractivity contribution in [2.24, 2.45) is 0 Å². The summed E-state index contributed by atoms with van der Waals surface area (Å²) in [5.41, 5.74) is 0. The molecule has 0 atom stereocenters. The molecule has 0 amide bonds. The minimum absolute atomic E-state index is 0. The average molecular weight is 351 g/mol. The van der Waals surface area contributed by atoms with Crippen molar-refractivity contribution in [3.63, 3.8) is 0 Å². The fourth-order valence-corrected chi connectivity index (χ4v) is 2.08. The molecule has 0 unspecified atom stereocenters. The van der Waals surface area contributed by atoms with Gasteiger partial charge in [0.15, 0.2) is 0 Å². The SMILES string of the molecule is CCCCCCCCCCCCOS(=O)(=O)O.O.[CaH2].[NaH]. The molecule has 0 saturated carbocycles. The molecule has 20 heavy (non-hydrogen) atoms. The summed E-state index contributed by atoms with van der Waals surface area (Å²) in [5.74, 6) is 0. The number of rotatable bonds is 12. The first kappa shape index (κ1) is 30.0. The van der Waals surface area contributed by atoms with Gasteiger partial charge in [-0.1, -0.05) is 64.7 Å². The molecule has 0 aromatic heterocycles. The van der Waals surface area contributed by atoms with Crippen LogP contribution >= 0.6 is 0 Å².